The highest BCUT2D eigenvalue weighted by molar-refractivity contribution is 6.01. The van der Waals surface area contributed by atoms with Crippen LogP contribution in [-0.2, 0) is 10.2 Å². The number of fused-ring (bicyclic) bond motifs is 1. The van der Waals surface area contributed by atoms with Crippen LogP contribution in [0.5, 0.6) is 11.5 Å². The van der Waals surface area contributed by atoms with Crippen molar-refractivity contribution in [2.75, 3.05) is 12.4 Å². The lowest BCUT2D eigenvalue weighted by Gasteiger charge is -2.24. The highest BCUT2D eigenvalue weighted by atomic mass is 19.3. The highest BCUT2D eigenvalue weighted by Crippen LogP contribution is 2.52. The first kappa shape index (κ1) is 20.4. The van der Waals surface area contributed by atoms with E-state index in [1.165, 1.54) is 12.1 Å². The average Bonchev–Trinajstić information content (AvgIpc) is 3.48. The van der Waals surface area contributed by atoms with Gasteiger partial charge >= 0.3 is 6.29 Å². The van der Waals surface area contributed by atoms with Gasteiger partial charge in [0, 0.05) is 18.8 Å². The number of aliphatic hydroxyl groups excluding tert-OH is 1. The number of amides is 1. The van der Waals surface area contributed by atoms with Crippen molar-refractivity contribution in [2.24, 2.45) is 0 Å². The Labute approximate surface area is 183 Å². The van der Waals surface area contributed by atoms with Gasteiger partial charge in [0.25, 0.3) is 0 Å². The summed E-state index contributed by atoms with van der Waals surface area (Å²) in [5, 5.41) is 12.7. The molecule has 7 nitrogen and oxygen atoms in total. The Balaban J connectivity index is 1.38. The quantitative estimate of drug-likeness (QED) is 0.755. The zero-order valence-corrected chi connectivity index (χ0v) is 17.4. The van der Waals surface area contributed by atoms with Crippen molar-refractivity contribution in [1.29, 1.82) is 0 Å². The third-order valence-electron chi connectivity index (χ3n) is 5.96. The molecule has 32 heavy (non-hydrogen) atoms. The number of rotatable bonds is 4. The van der Waals surface area contributed by atoms with Gasteiger partial charge in [-0.05, 0) is 55.2 Å². The number of alkyl halides is 2. The van der Waals surface area contributed by atoms with E-state index >= 15 is 0 Å². The number of carbonyl (C=O) groups excluding carboxylic acids is 1. The number of anilines is 1. The highest BCUT2D eigenvalue weighted by Gasteiger charge is 2.53. The molecule has 1 aromatic carbocycles. The maximum absolute atomic E-state index is 13.3. The number of hydrogen-bond acceptors (Lipinski definition) is 6. The number of carbonyl (C=O) groups is 1. The van der Waals surface area contributed by atoms with E-state index < -0.39 is 17.9 Å². The molecule has 1 atom stereocenters. The van der Waals surface area contributed by atoms with E-state index in [4.69, 9.17) is 0 Å². The predicted octanol–water partition coefficient (Wildman–Crippen LogP) is 3.54. The number of aromatic nitrogens is 1. The monoisotopic (exact) mass is 441 g/mol. The van der Waals surface area contributed by atoms with Crippen LogP contribution < -0.4 is 14.8 Å². The Hall–Kier alpha value is -3.46. The number of hydrogen-bond donors (Lipinski definition) is 2. The zero-order chi connectivity index (χ0) is 22.7. The van der Waals surface area contributed by atoms with Crippen molar-refractivity contribution in [3.63, 3.8) is 0 Å². The molecular formula is C23H21F2N3O4. The zero-order valence-electron chi connectivity index (χ0n) is 17.4. The van der Waals surface area contributed by atoms with Gasteiger partial charge in [-0.15, -0.1) is 8.78 Å². The fourth-order valence-corrected chi connectivity index (χ4v) is 3.95. The summed E-state index contributed by atoms with van der Waals surface area (Å²) in [7, 11) is 1.76. The number of halogens is 2. The normalized spacial score (nSPS) is 21.8. The SMILES string of the molecule is Cc1ccc(NC(=O)C2(c3ccc4c(c3)OC(F)(F)O4)CC2)nc1C1=CN(C)C(O)C=C1. The summed E-state index contributed by atoms with van der Waals surface area (Å²) in [5.41, 5.74) is 2.19. The summed E-state index contributed by atoms with van der Waals surface area (Å²) in [6.45, 7) is 1.92. The second-order valence-electron chi connectivity index (χ2n) is 8.25. The molecule has 2 aromatic rings. The van der Waals surface area contributed by atoms with Crippen molar-refractivity contribution in [3.05, 3.63) is 65.5 Å². The van der Waals surface area contributed by atoms with Crippen LogP contribution in [0, 0.1) is 6.92 Å². The summed E-state index contributed by atoms with van der Waals surface area (Å²) in [6, 6.07) is 8.03. The van der Waals surface area contributed by atoms with Crippen LogP contribution in [0.3, 0.4) is 0 Å². The van der Waals surface area contributed by atoms with Gasteiger partial charge in [-0.3, -0.25) is 4.79 Å². The van der Waals surface area contributed by atoms with E-state index in [1.807, 2.05) is 13.0 Å². The second kappa shape index (κ2) is 7.03. The van der Waals surface area contributed by atoms with Crippen molar-refractivity contribution in [3.8, 4) is 11.5 Å². The number of allylic oxidation sites excluding steroid dienone is 2. The second-order valence-corrected chi connectivity index (χ2v) is 8.25. The molecule has 1 aliphatic carbocycles. The number of benzene rings is 1. The van der Waals surface area contributed by atoms with Gasteiger partial charge in [-0.25, -0.2) is 4.98 Å². The van der Waals surface area contributed by atoms with Gasteiger partial charge in [0.1, 0.15) is 12.0 Å². The summed E-state index contributed by atoms with van der Waals surface area (Å²) >= 11 is 0. The number of aryl methyl sites for hydroxylation is 1. The van der Waals surface area contributed by atoms with E-state index in [1.54, 1.807) is 42.4 Å². The van der Waals surface area contributed by atoms with Crippen molar-refractivity contribution in [1.82, 2.24) is 9.88 Å². The molecule has 1 unspecified atom stereocenters. The Bertz CT molecular complexity index is 1170. The molecule has 1 saturated carbocycles. The molecule has 2 N–H and O–H groups in total. The molecule has 0 radical (unpaired) electrons. The maximum atomic E-state index is 13.3. The van der Waals surface area contributed by atoms with Crippen LogP contribution in [0.4, 0.5) is 14.6 Å². The maximum Gasteiger partial charge on any atom is 0.586 e. The number of aliphatic hydroxyl groups is 1. The Morgan fingerprint density at radius 3 is 2.69 bits per heavy atom. The van der Waals surface area contributed by atoms with Crippen LogP contribution in [0.1, 0.15) is 29.7 Å². The van der Waals surface area contributed by atoms with Gasteiger partial charge in [0.2, 0.25) is 5.91 Å². The average molecular weight is 441 g/mol. The van der Waals surface area contributed by atoms with Crippen molar-refractivity contribution in [2.45, 2.75) is 37.7 Å². The largest absolute Gasteiger partial charge is 0.586 e. The lowest BCUT2D eigenvalue weighted by molar-refractivity contribution is -0.286. The standard InChI is InChI=1S/C23H21F2N3O4/c1-13-3-7-18(26-20(13)14-4-8-19(29)28(2)12-14)27-21(30)22(9-10-22)15-5-6-16-17(11-15)32-23(24,25)31-16/h3-8,11-12,19,29H,9-10H2,1-2H3,(H,26,27,30). The summed E-state index contributed by atoms with van der Waals surface area (Å²) in [5.74, 6) is -0.00304. The first-order chi connectivity index (χ1) is 15.2. The van der Waals surface area contributed by atoms with Crippen LogP contribution >= 0.6 is 0 Å². The van der Waals surface area contributed by atoms with Gasteiger partial charge in [-0.1, -0.05) is 18.2 Å². The van der Waals surface area contributed by atoms with Crippen molar-refractivity contribution < 1.29 is 28.2 Å². The van der Waals surface area contributed by atoms with E-state index in [9.17, 15) is 18.7 Å². The third kappa shape index (κ3) is 3.48. The predicted molar refractivity (Wildman–Crippen MR) is 112 cm³/mol. The lowest BCUT2D eigenvalue weighted by Crippen LogP contribution is -2.28. The summed E-state index contributed by atoms with van der Waals surface area (Å²) in [4.78, 5) is 19.4. The van der Waals surface area contributed by atoms with Gasteiger partial charge in [0.15, 0.2) is 11.5 Å². The fourth-order valence-electron chi connectivity index (χ4n) is 3.95. The molecule has 0 bridgehead atoms. The molecule has 3 aliphatic rings. The third-order valence-corrected chi connectivity index (χ3v) is 5.96. The van der Waals surface area contributed by atoms with Crippen LogP contribution in [0.15, 0.2) is 48.7 Å². The fraction of sp³-hybridized carbons (Fsp3) is 0.304. The lowest BCUT2D eigenvalue weighted by atomic mass is 9.94. The Morgan fingerprint density at radius 2 is 1.97 bits per heavy atom. The minimum absolute atomic E-state index is 0.0521. The topological polar surface area (TPSA) is 83.9 Å². The Kier molecular flexibility index (Phi) is 4.49. The first-order valence-corrected chi connectivity index (χ1v) is 10.2. The number of ether oxygens (including phenoxy) is 2. The Morgan fingerprint density at radius 1 is 1.22 bits per heavy atom. The van der Waals surface area contributed by atoms with E-state index in [2.05, 4.69) is 19.8 Å². The molecule has 9 heteroatoms. The molecule has 1 amide bonds. The minimum atomic E-state index is -3.70. The minimum Gasteiger partial charge on any atom is -0.395 e. The van der Waals surface area contributed by atoms with Gasteiger partial charge in [-0.2, -0.15) is 0 Å². The molecular weight excluding hydrogens is 420 g/mol. The molecule has 166 valence electrons. The molecule has 0 saturated heterocycles. The van der Waals surface area contributed by atoms with Crippen LogP contribution in [-0.4, -0.2) is 40.5 Å². The molecule has 5 rings (SSSR count). The van der Waals surface area contributed by atoms with Crippen LogP contribution in [0.2, 0.25) is 0 Å². The summed E-state index contributed by atoms with van der Waals surface area (Å²) in [6.07, 6.45) is 2.01. The number of likely N-dealkylation sites (N-methyl/N-ethyl adjacent to an activating group) is 1. The molecule has 0 spiro atoms. The van der Waals surface area contributed by atoms with E-state index in [0.717, 1.165) is 11.1 Å². The van der Waals surface area contributed by atoms with Gasteiger partial charge in [0.05, 0.1) is 11.1 Å². The number of nitrogens with zero attached hydrogens (tertiary/aromatic N) is 2. The first-order valence-electron chi connectivity index (χ1n) is 10.2. The molecule has 2 aliphatic heterocycles. The van der Waals surface area contributed by atoms with Crippen LogP contribution in [0.25, 0.3) is 5.57 Å². The smallest absolute Gasteiger partial charge is 0.395 e. The number of nitrogens with one attached hydrogen (secondary N) is 1. The number of pyridine rings is 1. The van der Waals surface area contributed by atoms with E-state index in [0.29, 0.717) is 29.9 Å². The summed E-state index contributed by atoms with van der Waals surface area (Å²) < 4.78 is 35.6. The molecule has 1 fully saturated rings. The van der Waals surface area contributed by atoms with Crippen molar-refractivity contribution >= 4 is 17.3 Å². The van der Waals surface area contributed by atoms with Gasteiger partial charge < -0.3 is 24.8 Å². The van der Waals surface area contributed by atoms with E-state index in [-0.39, 0.29) is 17.4 Å². The molecule has 1 aromatic heterocycles. The molecule has 3 heterocycles.